The van der Waals surface area contributed by atoms with E-state index in [9.17, 15) is 18.8 Å². The minimum Gasteiger partial charge on any atom is -0.462 e. The Morgan fingerprint density at radius 1 is 1.10 bits per heavy atom. The Kier molecular flexibility index (Phi) is 6.18. The fourth-order valence-electron chi connectivity index (χ4n) is 2.68. The third-order valence-electron chi connectivity index (χ3n) is 3.83. The van der Waals surface area contributed by atoms with Crippen molar-refractivity contribution in [2.24, 2.45) is 0 Å². The van der Waals surface area contributed by atoms with Crippen molar-refractivity contribution in [1.29, 1.82) is 0 Å². The van der Waals surface area contributed by atoms with E-state index < -0.39 is 17.8 Å². The van der Waals surface area contributed by atoms with Crippen LogP contribution in [-0.4, -0.2) is 29.4 Å². The van der Waals surface area contributed by atoms with Crippen molar-refractivity contribution in [2.75, 3.05) is 11.9 Å². The van der Waals surface area contributed by atoms with Crippen molar-refractivity contribution in [1.82, 2.24) is 4.98 Å². The lowest BCUT2D eigenvalue weighted by Crippen LogP contribution is -2.13. The molecule has 150 valence electrons. The summed E-state index contributed by atoms with van der Waals surface area (Å²) in [6.45, 7) is 2.81. The second-order valence-corrected chi connectivity index (χ2v) is 6.96. The molecule has 0 fully saturated rings. The van der Waals surface area contributed by atoms with Gasteiger partial charge in [-0.1, -0.05) is 12.1 Å². The highest BCUT2D eigenvalue weighted by Crippen LogP contribution is 2.34. The van der Waals surface area contributed by atoms with E-state index in [1.807, 2.05) is 0 Å². The molecule has 0 aliphatic heterocycles. The summed E-state index contributed by atoms with van der Waals surface area (Å²) in [6, 6.07) is 8.98. The summed E-state index contributed by atoms with van der Waals surface area (Å²) in [6.07, 6.45) is 0. The third kappa shape index (κ3) is 4.57. The number of carbonyl (C=O) groups excluding carboxylic acids is 3. The second-order valence-electron chi connectivity index (χ2n) is 5.91. The zero-order valence-corrected chi connectivity index (χ0v) is 16.5. The monoisotopic (exact) mass is 416 g/mol. The average molecular weight is 416 g/mol. The van der Waals surface area contributed by atoms with Crippen molar-refractivity contribution < 1.29 is 28.2 Å². The Hall–Kier alpha value is -3.33. The Balaban J connectivity index is 1.88. The Morgan fingerprint density at radius 3 is 2.59 bits per heavy atom. The first kappa shape index (κ1) is 20.4. The molecule has 2 aromatic heterocycles. The highest BCUT2D eigenvalue weighted by molar-refractivity contribution is 7.21. The minimum atomic E-state index is -0.775. The summed E-state index contributed by atoms with van der Waals surface area (Å²) >= 11 is 1.07. The second kappa shape index (κ2) is 8.78. The number of nitrogens with zero attached hydrogens (tertiary/aromatic N) is 1. The van der Waals surface area contributed by atoms with E-state index in [4.69, 9.17) is 9.47 Å². The summed E-state index contributed by atoms with van der Waals surface area (Å²) in [4.78, 5) is 40.0. The molecule has 0 atom stereocenters. The van der Waals surface area contributed by atoms with Crippen LogP contribution in [0.25, 0.3) is 10.1 Å². The molecule has 0 aliphatic rings. The highest BCUT2D eigenvalue weighted by atomic mass is 32.1. The Labute approximate surface area is 169 Å². The van der Waals surface area contributed by atoms with E-state index in [-0.39, 0.29) is 46.5 Å². The molecule has 1 aromatic carbocycles. The fourth-order valence-corrected chi connectivity index (χ4v) is 3.79. The summed E-state index contributed by atoms with van der Waals surface area (Å²) in [5.74, 6) is -2.03. The number of benzene rings is 1. The largest absolute Gasteiger partial charge is 0.462 e. The van der Waals surface area contributed by atoms with Gasteiger partial charge in [0.15, 0.2) is 5.69 Å². The van der Waals surface area contributed by atoms with Crippen LogP contribution in [0.1, 0.15) is 39.6 Å². The van der Waals surface area contributed by atoms with Crippen LogP contribution in [0.5, 0.6) is 0 Å². The van der Waals surface area contributed by atoms with Crippen LogP contribution in [0.3, 0.4) is 0 Å². The smallest absolute Gasteiger partial charge is 0.357 e. The summed E-state index contributed by atoms with van der Waals surface area (Å²) in [5.41, 5.74) is 0.210. The number of hydrogen-bond acceptors (Lipinski definition) is 7. The molecular formula is C20H17FN2O5S. The van der Waals surface area contributed by atoms with Gasteiger partial charge in [-0.25, -0.2) is 19.0 Å². The number of carbonyl (C=O) groups is 3. The first-order valence-corrected chi connectivity index (χ1v) is 9.51. The van der Waals surface area contributed by atoms with Crippen LogP contribution in [0.15, 0.2) is 36.4 Å². The van der Waals surface area contributed by atoms with Gasteiger partial charge in [-0.3, -0.25) is 4.79 Å². The van der Waals surface area contributed by atoms with Crippen LogP contribution in [-0.2, 0) is 20.9 Å². The van der Waals surface area contributed by atoms with E-state index in [0.29, 0.717) is 4.70 Å². The molecule has 0 saturated heterocycles. The van der Waals surface area contributed by atoms with E-state index in [1.54, 1.807) is 19.1 Å². The molecular weight excluding hydrogens is 399 g/mol. The van der Waals surface area contributed by atoms with E-state index in [0.717, 1.165) is 11.3 Å². The molecule has 0 aliphatic carbocycles. The van der Waals surface area contributed by atoms with Gasteiger partial charge in [0.2, 0.25) is 5.91 Å². The molecule has 0 bridgehead atoms. The number of ether oxygens (including phenoxy) is 2. The normalized spacial score (nSPS) is 10.6. The third-order valence-corrected chi connectivity index (χ3v) is 5.01. The zero-order valence-electron chi connectivity index (χ0n) is 15.7. The van der Waals surface area contributed by atoms with Crippen molar-refractivity contribution in [3.8, 4) is 0 Å². The van der Waals surface area contributed by atoms with Crippen LogP contribution >= 0.6 is 11.3 Å². The number of anilines is 1. The van der Waals surface area contributed by atoms with Gasteiger partial charge in [0.05, 0.1) is 6.61 Å². The summed E-state index contributed by atoms with van der Waals surface area (Å²) < 4.78 is 25.3. The molecule has 9 heteroatoms. The number of fused-ring (bicyclic) bond motifs is 1. The quantitative estimate of drug-likeness (QED) is 0.612. The van der Waals surface area contributed by atoms with E-state index in [1.165, 1.54) is 31.2 Å². The molecule has 0 spiro atoms. The molecule has 7 nitrogen and oxygen atoms in total. The summed E-state index contributed by atoms with van der Waals surface area (Å²) in [7, 11) is 0. The SMILES string of the molecule is CCOC(=O)c1sc2cccc(F)c2c1COC(=O)c1cccc(NC(C)=O)n1. The Bertz CT molecular complexity index is 1100. The van der Waals surface area contributed by atoms with Gasteiger partial charge < -0.3 is 14.8 Å². The Morgan fingerprint density at radius 2 is 1.86 bits per heavy atom. The number of pyridine rings is 1. The van der Waals surface area contributed by atoms with Gasteiger partial charge in [-0.05, 0) is 31.2 Å². The molecule has 0 radical (unpaired) electrons. The van der Waals surface area contributed by atoms with Crippen LogP contribution in [0.4, 0.5) is 10.2 Å². The zero-order chi connectivity index (χ0) is 21.0. The van der Waals surface area contributed by atoms with Gasteiger partial charge in [0.25, 0.3) is 0 Å². The maximum atomic E-state index is 14.4. The molecule has 3 aromatic rings. The number of esters is 2. The molecule has 1 amide bonds. The molecule has 0 unspecified atom stereocenters. The van der Waals surface area contributed by atoms with Gasteiger partial charge in [-0.2, -0.15) is 0 Å². The van der Waals surface area contributed by atoms with Crippen LogP contribution < -0.4 is 5.32 Å². The van der Waals surface area contributed by atoms with Gasteiger partial charge in [0, 0.05) is 22.6 Å². The minimum absolute atomic E-state index is 0.0334. The van der Waals surface area contributed by atoms with Crippen molar-refractivity contribution in [3.05, 3.63) is 58.3 Å². The van der Waals surface area contributed by atoms with Crippen molar-refractivity contribution in [3.63, 3.8) is 0 Å². The van der Waals surface area contributed by atoms with Crippen LogP contribution in [0, 0.1) is 5.82 Å². The highest BCUT2D eigenvalue weighted by Gasteiger charge is 2.23. The number of nitrogens with one attached hydrogen (secondary N) is 1. The molecule has 3 rings (SSSR count). The first-order valence-electron chi connectivity index (χ1n) is 8.69. The number of aromatic nitrogens is 1. The number of amides is 1. The number of thiophene rings is 1. The topological polar surface area (TPSA) is 94.6 Å². The molecule has 29 heavy (non-hydrogen) atoms. The van der Waals surface area contributed by atoms with Crippen LogP contribution in [0.2, 0.25) is 0 Å². The van der Waals surface area contributed by atoms with Gasteiger partial charge >= 0.3 is 11.9 Å². The van der Waals surface area contributed by atoms with Crippen molar-refractivity contribution >= 4 is 45.1 Å². The lowest BCUT2D eigenvalue weighted by Gasteiger charge is -2.08. The lowest BCUT2D eigenvalue weighted by molar-refractivity contribution is -0.114. The standard InChI is InChI=1S/C20H17FN2O5S/c1-3-27-20(26)18-12(17-13(21)6-4-8-15(17)29-18)10-28-19(25)14-7-5-9-16(23-14)22-11(2)24/h4-9H,3,10H2,1-2H3,(H,22,23,24). The maximum absolute atomic E-state index is 14.4. The molecule has 1 N–H and O–H groups in total. The predicted octanol–water partition coefficient (Wildman–Crippen LogP) is 3.93. The van der Waals surface area contributed by atoms with E-state index >= 15 is 0 Å². The average Bonchev–Trinajstić information content (AvgIpc) is 3.06. The fraction of sp³-hybridized carbons (Fsp3) is 0.200. The number of rotatable bonds is 6. The molecule has 0 saturated carbocycles. The summed E-state index contributed by atoms with van der Waals surface area (Å²) in [5, 5.41) is 2.69. The predicted molar refractivity (Wildman–Crippen MR) is 105 cm³/mol. The van der Waals surface area contributed by atoms with E-state index in [2.05, 4.69) is 10.3 Å². The number of halogens is 1. The van der Waals surface area contributed by atoms with Gasteiger partial charge in [-0.15, -0.1) is 11.3 Å². The lowest BCUT2D eigenvalue weighted by atomic mass is 10.1. The number of hydrogen-bond donors (Lipinski definition) is 1. The van der Waals surface area contributed by atoms with Crippen molar-refractivity contribution in [2.45, 2.75) is 20.5 Å². The molecule has 2 heterocycles. The maximum Gasteiger partial charge on any atom is 0.357 e. The first-order chi connectivity index (χ1) is 13.9. The van der Waals surface area contributed by atoms with Gasteiger partial charge in [0.1, 0.15) is 23.1 Å².